The highest BCUT2D eigenvalue weighted by Gasteiger charge is 2.26. The summed E-state index contributed by atoms with van der Waals surface area (Å²) >= 11 is 0. The van der Waals surface area contributed by atoms with Crippen molar-refractivity contribution in [1.29, 1.82) is 0 Å². The number of hydrogen-bond acceptors (Lipinski definition) is 3. The molecular weight excluding hydrogens is 240 g/mol. The summed E-state index contributed by atoms with van der Waals surface area (Å²) in [6, 6.07) is 0.422. The molecule has 0 unspecified atom stereocenters. The van der Waals surface area contributed by atoms with E-state index in [1.165, 1.54) is 0 Å². The molecule has 1 rings (SSSR count). The second-order valence-electron chi connectivity index (χ2n) is 5.37. The quantitative estimate of drug-likeness (QED) is 0.833. The summed E-state index contributed by atoms with van der Waals surface area (Å²) in [6.45, 7) is 10.2. The largest absolute Gasteiger partial charge is 0.444 e. The van der Waals surface area contributed by atoms with Gasteiger partial charge in [0, 0.05) is 25.7 Å². The highest BCUT2D eigenvalue weighted by molar-refractivity contribution is 5.85. The SMILES string of the molecule is CCC[C@@H]1CN(C(=O)OC(C)(C)C)CCN1.Cl. The van der Waals surface area contributed by atoms with Gasteiger partial charge in [-0.15, -0.1) is 12.4 Å². The Bertz CT molecular complexity index is 239. The Balaban J connectivity index is 0.00000256. The topological polar surface area (TPSA) is 41.6 Å². The molecule has 1 fully saturated rings. The second-order valence-corrected chi connectivity index (χ2v) is 5.37. The summed E-state index contributed by atoms with van der Waals surface area (Å²) in [5.41, 5.74) is -0.401. The van der Waals surface area contributed by atoms with Crippen LogP contribution < -0.4 is 5.32 Å². The highest BCUT2D eigenvalue weighted by atomic mass is 35.5. The molecule has 17 heavy (non-hydrogen) atoms. The van der Waals surface area contributed by atoms with Gasteiger partial charge in [0.25, 0.3) is 0 Å². The van der Waals surface area contributed by atoms with Crippen LogP contribution >= 0.6 is 12.4 Å². The molecule has 0 bridgehead atoms. The summed E-state index contributed by atoms with van der Waals surface area (Å²) in [5, 5.41) is 3.42. The smallest absolute Gasteiger partial charge is 0.410 e. The van der Waals surface area contributed by atoms with Crippen LogP contribution in [0.5, 0.6) is 0 Å². The van der Waals surface area contributed by atoms with Crippen LogP contribution in [-0.2, 0) is 4.74 Å². The van der Waals surface area contributed by atoms with Gasteiger partial charge in [0.15, 0.2) is 0 Å². The monoisotopic (exact) mass is 264 g/mol. The van der Waals surface area contributed by atoms with E-state index in [-0.39, 0.29) is 18.5 Å². The summed E-state index contributed by atoms with van der Waals surface area (Å²) in [5.74, 6) is 0. The average molecular weight is 265 g/mol. The second kappa shape index (κ2) is 7.07. The molecule has 0 aliphatic carbocycles. The zero-order valence-corrected chi connectivity index (χ0v) is 12.1. The lowest BCUT2D eigenvalue weighted by Gasteiger charge is -2.34. The van der Waals surface area contributed by atoms with Crippen LogP contribution in [0.1, 0.15) is 40.5 Å². The van der Waals surface area contributed by atoms with Crippen molar-refractivity contribution in [3.05, 3.63) is 0 Å². The number of nitrogens with zero attached hydrogens (tertiary/aromatic N) is 1. The summed E-state index contributed by atoms with van der Waals surface area (Å²) in [7, 11) is 0. The van der Waals surface area contributed by atoms with Gasteiger partial charge < -0.3 is 15.0 Å². The molecule has 0 aromatic carbocycles. The molecular formula is C12H25ClN2O2. The molecule has 102 valence electrons. The van der Waals surface area contributed by atoms with Gasteiger partial charge in [-0.3, -0.25) is 0 Å². The van der Waals surface area contributed by atoms with Crippen molar-refractivity contribution in [3.63, 3.8) is 0 Å². The minimum Gasteiger partial charge on any atom is -0.444 e. The third-order valence-electron chi connectivity index (χ3n) is 2.54. The molecule has 0 spiro atoms. The fourth-order valence-electron chi connectivity index (χ4n) is 1.86. The number of amides is 1. The maximum Gasteiger partial charge on any atom is 0.410 e. The van der Waals surface area contributed by atoms with E-state index < -0.39 is 5.60 Å². The maximum absolute atomic E-state index is 11.8. The van der Waals surface area contributed by atoms with Crippen molar-refractivity contribution in [3.8, 4) is 0 Å². The van der Waals surface area contributed by atoms with Crippen LogP contribution in [0.3, 0.4) is 0 Å². The third-order valence-corrected chi connectivity index (χ3v) is 2.54. The Hall–Kier alpha value is -0.480. The number of halogens is 1. The van der Waals surface area contributed by atoms with E-state index in [1.54, 1.807) is 0 Å². The molecule has 0 saturated carbocycles. The van der Waals surface area contributed by atoms with Crippen LogP contribution in [0.2, 0.25) is 0 Å². The van der Waals surface area contributed by atoms with Crippen LogP contribution in [0, 0.1) is 0 Å². The van der Waals surface area contributed by atoms with Gasteiger partial charge in [-0.2, -0.15) is 0 Å². The van der Waals surface area contributed by atoms with Crippen LogP contribution in [0.25, 0.3) is 0 Å². The van der Waals surface area contributed by atoms with Crippen molar-refractivity contribution in [2.75, 3.05) is 19.6 Å². The van der Waals surface area contributed by atoms with E-state index in [0.29, 0.717) is 6.04 Å². The van der Waals surface area contributed by atoms with Crippen molar-refractivity contribution < 1.29 is 9.53 Å². The standard InChI is InChI=1S/C12H24N2O2.ClH/c1-5-6-10-9-14(8-7-13-10)11(15)16-12(2,3)4;/h10,13H,5-9H2,1-4H3;1H/t10-;/m1./s1. The lowest BCUT2D eigenvalue weighted by molar-refractivity contribution is 0.0192. The normalized spacial score (nSPS) is 20.7. The molecule has 1 heterocycles. The van der Waals surface area contributed by atoms with Gasteiger partial charge >= 0.3 is 6.09 Å². The Labute approximate surface area is 110 Å². The number of carbonyl (C=O) groups is 1. The average Bonchev–Trinajstić information content (AvgIpc) is 2.16. The van der Waals surface area contributed by atoms with Crippen LogP contribution in [0.15, 0.2) is 0 Å². The van der Waals surface area contributed by atoms with E-state index in [9.17, 15) is 4.79 Å². The number of carbonyl (C=O) groups excluding carboxylic acids is 1. The van der Waals surface area contributed by atoms with Crippen molar-refractivity contribution in [2.24, 2.45) is 0 Å². The summed E-state index contributed by atoms with van der Waals surface area (Å²) < 4.78 is 5.36. The number of hydrogen-bond donors (Lipinski definition) is 1. The first-order chi connectivity index (χ1) is 7.42. The molecule has 0 aromatic heterocycles. The molecule has 0 radical (unpaired) electrons. The lowest BCUT2D eigenvalue weighted by Crippen LogP contribution is -2.53. The summed E-state index contributed by atoms with van der Waals surface area (Å²) in [4.78, 5) is 13.6. The Morgan fingerprint density at radius 2 is 2.12 bits per heavy atom. The zero-order chi connectivity index (χ0) is 12.2. The lowest BCUT2D eigenvalue weighted by atomic mass is 10.1. The van der Waals surface area contributed by atoms with Gasteiger partial charge in [-0.05, 0) is 27.2 Å². The van der Waals surface area contributed by atoms with Gasteiger partial charge in [-0.25, -0.2) is 4.79 Å². The van der Waals surface area contributed by atoms with Crippen molar-refractivity contribution in [1.82, 2.24) is 10.2 Å². The molecule has 1 amide bonds. The molecule has 1 aliphatic heterocycles. The molecule has 1 atom stereocenters. The Kier molecular flexibility index (Phi) is 6.87. The predicted molar refractivity (Wildman–Crippen MR) is 71.8 cm³/mol. The van der Waals surface area contributed by atoms with Gasteiger partial charge in [0.1, 0.15) is 5.60 Å². The Morgan fingerprint density at radius 1 is 1.47 bits per heavy atom. The van der Waals surface area contributed by atoms with E-state index in [2.05, 4.69) is 12.2 Å². The highest BCUT2D eigenvalue weighted by Crippen LogP contribution is 2.12. The summed E-state index contributed by atoms with van der Waals surface area (Å²) in [6.07, 6.45) is 2.06. The van der Waals surface area contributed by atoms with Crippen molar-refractivity contribution in [2.45, 2.75) is 52.2 Å². The number of piperazine rings is 1. The number of rotatable bonds is 2. The third kappa shape index (κ3) is 6.13. The Morgan fingerprint density at radius 3 is 2.65 bits per heavy atom. The minimum absolute atomic E-state index is 0. The first-order valence-corrected chi connectivity index (χ1v) is 6.13. The zero-order valence-electron chi connectivity index (χ0n) is 11.3. The van der Waals surface area contributed by atoms with E-state index >= 15 is 0 Å². The molecule has 4 nitrogen and oxygen atoms in total. The first-order valence-electron chi connectivity index (χ1n) is 6.13. The number of nitrogens with one attached hydrogen (secondary N) is 1. The van der Waals surface area contributed by atoms with E-state index in [4.69, 9.17) is 4.74 Å². The molecule has 1 saturated heterocycles. The van der Waals surface area contributed by atoms with E-state index in [0.717, 1.165) is 32.5 Å². The van der Waals surface area contributed by atoms with Gasteiger partial charge in [-0.1, -0.05) is 13.3 Å². The number of ether oxygens (including phenoxy) is 1. The predicted octanol–water partition coefficient (Wildman–Crippen LogP) is 2.42. The van der Waals surface area contributed by atoms with Gasteiger partial charge in [0.2, 0.25) is 0 Å². The van der Waals surface area contributed by atoms with Crippen molar-refractivity contribution >= 4 is 18.5 Å². The van der Waals surface area contributed by atoms with E-state index in [1.807, 2.05) is 25.7 Å². The maximum atomic E-state index is 11.8. The van der Waals surface area contributed by atoms with Gasteiger partial charge in [0.05, 0.1) is 0 Å². The fraction of sp³-hybridized carbons (Fsp3) is 0.917. The molecule has 0 aromatic rings. The molecule has 1 N–H and O–H groups in total. The first kappa shape index (κ1) is 16.5. The van der Waals surface area contributed by atoms with Crippen LogP contribution in [-0.4, -0.2) is 42.3 Å². The molecule has 1 aliphatic rings. The molecule has 5 heteroatoms. The van der Waals surface area contributed by atoms with Crippen LogP contribution in [0.4, 0.5) is 4.79 Å². The minimum atomic E-state index is -0.401. The fourth-order valence-corrected chi connectivity index (χ4v) is 1.86.